The van der Waals surface area contributed by atoms with Gasteiger partial charge in [-0.05, 0) is 36.5 Å². The highest BCUT2D eigenvalue weighted by molar-refractivity contribution is 5.75. The van der Waals surface area contributed by atoms with Crippen molar-refractivity contribution in [3.63, 3.8) is 0 Å². The number of carboxylic acids is 1. The van der Waals surface area contributed by atoms with Gasteiger partial charge in [-0.15, -0.1) is 0 Å². The van der Waals surface area contributed by atoms with Crippen molar-refractivity contribution < 1.29 is 14.3 Å². The molecule has 2 bridgehead atoms. The van der Waals surface area contributed by atoms with E-state index in [9.17, 15) is 9.18 Å². The van der Waals surface area contributed by atoms with Crippen LogP contribution in [0.25, 0.3) is 0 Å². The molecular formula is C9H14FNO2. The lowest BCUT2D eigenvalue weighted by Crippen LogP contribution is -2.70. The number of hydrogen-bond acceptors (Lipinski definition) is 2. The van der Waals surface area contributed by atoms with Crippen molar-refractivity contribution in [2.24, 2.45) is 16.6 Å². The highest BCUT2D eigenvalue weighted by atomic mass is 19.1. The molecule has 0 aliphatic heterocycles. The van der Waals surface area contributed by atoms with Gasteiger partial charge in [-0.25, -0.2) is 0 Å². The van der Waals surface area contributed by atoms with Crippen molar-refractivity contribution in [2.75, 3.05) is 6.67 Å². The van der Waals surface area contributed by atoms with E-state index in [4.69, 9.17) is 10.8 Å². The van der Waals surface area contributed by atoms with E-state index in [0.29, 0.717) is 6.42 Å². The summed E-state index contributed by atoms with van der Waals surface area (Å²) in [6.45, 7) is -0.293. The maximum Gasteiger partial charge on any atom is 0.321 e. The molecule has 0 radical (unpaired) electrons. The summed E-state index contributed by atoms with van der Waals surface area (Å²) in [5.41, 5.74) is 5.50. The van der Waals surface area contributed by atoms with Crippen LogP contribution < -0.4 is 5.73 Å². The zero-order valence-electron chi connectivity index (χ0n) is 7.42. The van der Waals surface area contributed by atoms with E-state index in [-0.39, 0.29) is 17.5 Å². The van der Waals surface area contributed by atoms with Crippen molar-refractivity contribution in [2.45, 2.75) is 31.7 Å². The van der Waals surface area contributed by atoms with Crippen LogP contribution in [0.4, 0.5) is 4.39 Å². The number of rotatable bonds is 4. The van der Waals surface area contributed by atoms with Crippen LogP contribution in [-0.2, 0) is 4.79 Å². The predicted molar refractivity (Wildman–Crippen MR) is 44.9 cm³/mol. The Hall–Kier alpha value is -0.640. The topological polar surface area (TPSA) is 63.3 Å². The molecule has 0 aromatic heterocycles. The van der Waals surface area contributed by atoms with Crippen LogP contribution >= 0.6 is 0 Å². The molecule has 3 N–H and O–H groups in total. The fourth-order valence-corrected chi connectivity index (χ4v) is 3.14. The van der Waals surface area contributed by atoms with E-state index in [2.05, 4.69) is 0 Å². The van der Waals surface area contributed by atoms with Gasteiger partial charge in [0.05, 0.1) is 6.67 Å². The van der Waals surface area contributed by atoms with E-state index in [1.54, 1.807) is 0 Å². The van der Waals surface area contributed by atoms with Crippen LogP contribution in [0.1, 0.15) is 25.7 Å². The summed E-state index contributed by atoms with van der Waals surface area (Å²) in [6, 6.07) is -0.742. The highest BCUT2D eigenvalue weighted by Gasteiger charge is 2.70. The third kappa shape index (κ3) is 1.01. The van der Waals surface area contributed by atoms with Gasteiger partial charge < -0.3 is 10.8 Å². The second-order valence-corrected chi connectivity index (χ2v) is 4.65. The Labute approximate surface area is 76.1 Å². The Morgan fingerprint density at radius 1 is 1.54 bits per heavy atom. The summed E-state index contributed by atoms with van der Waals surface area (Å²) in [5.74, 6) is -0.923. The third-order valence-electron chi connectivity index (χ3n) is 3.73. The first kappa shape index (κ1) is 8.94. The highest BCUT2D eigenvalue weighted by Crippen LogP contribution is 2.75. The molecule has 1 unspecified atom stereocenters. The first-order valence-corrected chi connectivity index (χ1v) is 4.58. The van der Waals surface area contributed by atoms with Crippen molar-refractivity contribution in [3.05, 3.63) is 0 Å². The summed E-state index contributed by atoms with van der Waals surface area (Å²) in [4.78, 5) is 10.6. The molecule has 3 aliphatic carbocycles. The number of halogens is 1. The Morgan fingerprint density at radius 2 is 2.08 bits per heavy atom. The van der Waals surface area contributed by atoms with E-state index < -0.39 is 12.0 Å². The Morgan fingerprint density at radius 3 is 2.46 bits per heavy atom. The van der Waals surface area contributed by atoms with E-state index in [1.807, 2.05) is 0 Å². The monoisotopic (exact) mass is 187 g/mol. The fraction of sp³-hybridized carbons (Fsp3) is 0.889. The first-order chi connectivity index (χ1) is 6.04. The van der Waals surface area contributed by atoms with Crippen LogP contribution in [0, 0.1) is 10.8 Å². The third-order valence-corrected chi connectivity index (χ3v) is 3.73. The molecule has 3 nitrogen and oxygen atoms in total. The molecule has 0 heterocycles. The smallest absolute Gasteiger partial charge is 0.321 e. The number of alkyl halides is 1. The van der Waals surface area contributed by atoms with Crippen LogP contribution in [0.15, 0.2) is 0 Å². The van der Waals surface area contributed by atoms with E-state index in [0.717, 1.165) is 19.3 Å². The minimum absolute atomic E-state index is 0.127. The first-order valence-electron chi connectivity index (χ1n) is 4.58. The normalized spacial score (nSPS) is 43.2. The van der Waals surface area contributed by atoms with Gasteiger partial charge in [0.15, 0.2) is 0 Å². The summed E-state index contributed by atoms with van der Waals surface area (Å²) in [7, 11) is 0. The van der Waals surface area contributed by atoms with Gasteiger partial charge in [0, 0.05) is 0 Å². The van der Waals surface area contributed by atoms with Crippen molar-refractivity contribution >= 4 is 5.97 Å². The predicted octanol–water partition coefficient (Wildman–Crippen LogP) is 0.928. The number of carbonyl (C=O) groups is 1. The molecular weight excluding hydrogens is 173 g/mol. The van der Waals surface area contributed by atoms with Crippen molar-refractivity contribution in [1.82, 2.24) is 0 Å². The van der Waals surface area contributed by atoms with Gasteiger partial charge in [0.1, 0.15) is 6.04 Å². The molecule has 4 heteroatoms. The number of hydrogen-bond donors (Lipinski definition) is 2. The molecule has 13 heavy (non-hydrogen) atoms. The molecule has 3 aliphatic rings. The second kappa shape index (κ2) is 2.44. The van der Waals surface area contributed by atoms with Gasteiger partial charge >= 0.3 is 5.97 Å². The fourth-order valence-electron chi connectivity index (χ4n) is 3.14. The molecule has 0 amide bonds. The molecule has 0 aromatic carbocycles. The molecule has 3 fully saturated rings. The lowest BCUT2D eigenvalue weighted by molar-refractivity contribution is -0.224. The summed E-state index contributed by atoms with van der Waals surface area (Å²) in [6.07, 6.45) is 3.03. The molecule has 74 valence electrons. The second-order valence-electron chi connectivity index (χ2n) is 4.65. The lowest BCUT2D eigenvalue weighted by atomic mass is 9.32. The van der Waals surface area contributed by atoms with Crippen LogP contribution in [0.5, 0.6) is 0 Å². The maximum atomic E-state index is 12.1. The van der Waals surface area contributed by atoms with Gasteiger partial charge in [0.2, 0.25) is 0 Å². The molecule has 3 saturated carbocycles. The van der Waals surface area contributed by atoms with Gasteiger partial charge in [-0.1, -0.05) is 0 Å². The van der Waals surface area contributed by atoms with Crippen molar-refractivity contribution in [1.29, 1.82) is 0 Å². The summed E-state index contributed by atoms with van der Waals surface area (Å²) in [5, 5.41) is 8.72. The number of nitrogens with two attached hydrogens (primary N) is 1. The van der Waals surface area contributed by atoms with Gasteiger partial charge in [-0.3, -0.25) is 9.18 Å². The van der Waals surface area contributed by atoms with E-state index in [1.165, 1.54) is 0 Å². The Bertz CT molecular complexity index is 234. The summed E-state index contributed by atoms with van der Waals surface area (Å²) < 4.78 is 12.1. The van der Waals surface area contributed by atoms with Crippen LogP contribution in [0.3, 0.4) is 0 Å². The molecule has 0 saturated heterocycles. The molecule has 0 spiro atoms. The van der Waals surface area contributed by atoms with Crippen LogP contribution in [0.2, 0.25) is 0 Å². The average molecular weight is 187 g/mol. The Kier molecular flexibility index (Phi) is 1.68. The maximum absolute atomic E-state index is 12.1. The lowest BCUT2D eigenvalue weighted by Gasteiger charge is -2.72. The number of carboxylic acid groups (broad SMARTS) is 1. The summed E-state index contributed by atoms with van der Waals surface area (Å²) >= 11 is 0. The quantitative estimate of drug-likeness (QED) is 0.688. The Balaban J connectivity index is 1.92. The van der Waals surface area contributed by atoms with E-state index >= 15 is 0 Å². The molecule has 3 rings (SSSR count). The SMILES string of the molecule is NC(C(=O)O)C12CC(CCF)(C1)C2. The van der Waals surface area contributed by atoms with Gasteiger partial charge in [0.25, 0.3) is 0 Å². The van der Waals surface area contributed by atoms with Crippen molar-refractivity contribution in [3.8, 4) is 0 Å². The standard InChI is InChI=1S/C9H14FNO2/c10-2-1-8-3-9(4-8,5-8)6(11)7(12)13/h6H,1-5,11H2,(H,12,13). The minimum Gasteiger partial charge on any atom is -0.480 e. The largest absolute Gasteiger partial charge is 0.480 e. The number of aliphatic carboxylic acids is 1. The van der Waals surface area contributed by atoms with Gasteiger partial charge in [-0.2, -0.15) is 0 Å². The van der Waals surface area contributed by atoms with Crippen LogP contribution in [-0.4, -0.2) is 23.8 Å². The molecule has 0 aromatic rings. The zero-order chi connectivity index (χ0) is 9.69. The zero-order valence-corrected chi connectivity index (χ0v) is 7.42. The minimum atomic E-state index is -0.923. The molecule has 1 atom stereocenters. The average Bonchev–Trinajstić information content (AvgIpc) is 1.92.